The second-order valence-electron chi connectivity index (χ2n) is 6.73. The first-order valence-corrected chi connectivity index (χ1v) is 8.40. The third kappa shape index (κ3) is 2.88. The van der Waals surface area contributed by atoms with Crippen molar-refractivity contribution in [3.05, 3.63) is 22.4 Å². The summed E-state index contributed by atoms with van der Waals surface area (Å²) in [5.41, 5.74) is 0. The Bertz CT molecular complexity index is 387. The molecule has 0 aromatic carbocycles. The summed E-state index contributed by atoms with van der Waals surface area (Å²) in [5.74, 6) is 1.98. The number of fused-ring (bicyclic) bond motifs is 1. The molecule has 2 nitrogen and oxygen atoms in total. The van der Waals surface area contributed by atoms with E-state index < -0.39 is 0 Å². The lowest BCUT2D eigenvalue weighted by Crippen LogP contribution is -2.31. The molecule has 0 N–H and O–H groups in total. The van der Waals surface area contributed by atoms with E-state index in [2.05, 4.69) is 48.5 Å². The quantitative estimate of drug-likeness (QED) is 0.834. The zero-order valence-corrected chi connectivity index (χ0v) is 13.2. The zero-order valence-electron chi connectivity index (χ0n) is 12.4. The summed E-state index contributed by atoms with van der Waals surface area (Å²) >= 11 is 1.89. The zero-order chi connectivity index (χ0) is 13.4. The topological polar surface area (TPSA) is 6.48 Å². The van der Waals surface area contributed by atoms with Crippen LogP contribution in [0.25, 0.3) is 0 Å². The highest BCUT2D eigenvalue weighted by atomic mass is 32.1. The Labute approximate surface area is 121 Å². The molecule has 0 saturated heterocycles. The van der Waals surface area contributed by atoms with Gasteiger partial charge in [-0.2, -0.15) is 0 Å². The van der Waals surface area contributed by atoms with Gasteiger partial charge in [0.05, 0.1) is 0 Å². The highest BCUT2D eigenvalue weighted by Crippen LogP contribution is 2.46. The van der Waals surface area contributed by atoms with Gasteiger partial charge in [-0.05, 0) is 70.1 Å². The second-order valence-corrected chi connectivity index (χ2v) is 7.76. The predicted molar refractivity (Wildman–Crippen MR) is 82.5 cm³/mol. The Hall–Kier alpha value is -0.380. The Balaban J connectivity index is 1.53. The minimum atomic E-state index is 0.820. The van der Waals surface area contributed by atoms with Gasteiger partial charge in [-0.3, -0.25) is 4.90 Å². The Kier molecular flexibility index (Phi) is 3.97. The van der Waals surface area contributed by atoms with Crippen LogP contribution in [0.5, 0.6) is 0 Å². The van der Waals surface area contributed by atoms with Crippen LogP contribution in [0.1, 0.15) is 30.6 Å². The smallest absolute Gasteiger partial charge is 0.0327 e. The van der Waals surface area contributed by atoms with Crippen LogP contribution in [0.15, 0.2) is 17.5 Å². The fourth-order valence-electron chi connectivity index (χ4n) is 4.11. The van der Waals surface area contributed by atoms with Gasteiger partial charge < -0.3 is 4.90 Å². The average molecular weight is 278 g/mol. The molecule has 1 aromatic rings. The first-order chi connectivity index (χ1) is 9.13. The Morgan fingerprint density at radius 2 is 1.68 bits per heavy atom. The van der Waals surface area contributed by atoms with E-state index in [-0.39, 0.29) is 0 Å². The van der Waals surface area contributed by atoms with Gasteiger partial charge in [0.25, 0.3) is 0 Å². The van der Waals surface area contributed by atoms with Gasteiger partial charge >= 0.3 is 0 Å². The molecule has 2 aliphatic rings. The van der Waals surface area contributed by atoms with Gasteiger partial charge in [0, 0.05) is 23.5 Å². The lowest BCUT2D eigenvalue weighted by Gasteiger charge is -2.26. The van der Waals surface area contributed by atoms with Crippen LogP contribution in [0.3, 0.4) is 0 Å². The molecular formula is C16H26N2S. The number of hydrogen-bond donors (Lipinski definition) is 0. The van der Waals surface area contributed by atoms with Gasteiger partial charge in [0.2, 0.25) is 0 Å². The molecule has 2 unspecified atom stereocenters. The molecule has 19 heavy (non-hydrogen) atoms. The number of hydrogen-bond acceptors (Lipinski definition) is 3. The van der Waals surface area contributed by atoms with Crippen molar-refractivity contribution in [3.8, 4) is 0 Å². The molecule has 2 aliphatic carbocycles. The maximum absolute atomic E-state index is 2.59. The molecule has 0 bridgehead atoms. The van der Waals surface area contributed by atoms with Gasteiger partial charge in [-0.15, -0.1) is 11.3 Å². The number of thiophene rings is 1. The van der Waals surface area contributed by atoms with Crippen molar-refractivity contribution in [1.82, 2.24) is 9.80 Å². The summed E-state index contributed by atoms with van der Waals surface area (Å²) in [4.78, 5) is 6.53. The van der Waals surface area contributed by atoms with Crippen molar-refractivity contribution in [2.24, 2.45) is 11.8 Å². The molecule has 0 amide bonds. The van der Waals surface area contributed by atoms with E-state index in [0.717, 1.165) is 30.5 Å². The minimum Gasteiger partial charge on any atom is -0.306 e. The summed E-state index contributed by atoms with van der Waals surface area (Å²) in [5, 5.41) is 2.19. The second kappa shape index (κ2) is 5.55. The third-order valence-electron chi connectivity index (χ3n) is 5.30. The molecule has 2 fully saturated rings. The van der Waals surface area contributed by atoms with E-state index in [1.807, 2.05) is 11.3 Å². The SMILES string of the molecule is CN(C)C1C[C@@H]2CC(N(C)Cc3cccs3)C[C@@H]2C1. The first-order valence-electron chi connectivity index (χ1n) is 7.52. The molecule has 0 spiro atoms. The molecule has 4 atom stereocenters. The summed E-state index contributed by atoms with van der Waals surface area (Å²) in [6, 6.07) is 6.09. The summed E-state index contributed by atoms with van der Waals surface area (Å²) in [6.07, 6.45) is 5.72. The van der Waals surface area contributed by atoms with Crippen molar-refractivity contribution >= 4 is 11.3 Å². The van der Waals surface area contributed by atoms with Crippen molar-refractivity contribution in [2.75, 3.05) is 21.1 Å². The third-order valence-corrected chi connectivity index (χ3v) is 6.17. The van der Waals surface area contributed by atoms with Gasteiger partial charge in [0.15, 0.2) is 0 Å². The monoisotopic (exact) mass is 278 g/mol. The minimum absolute atomic E-state index is 0.820. The maximum Gasteiger partial charge on any atom is 0.0327 e. The summed E-state index contributed by atoms with van der Waals surface area (Å²) in [7, 11) is 6.80. The van der Waals surface area contributed by atoms with Gasteiger partial charge in [0.1, 0.15) is 0 Å². The molecule has 0 radical (unpaired) electrons. The Morgan fingerprint density at radius 1 is 1.05 bits per heavy atom. The van der Waals surface area contributed by atoms with E-state index in [4.69, 9.17) is 0 Å². The van der Waals surface area contributed by atoms with Crippen LogP contribution in [0.2, 0.25) is 0 Å². The number of nitrogens with zero attached hydrogens (tertiary/aromatic N) is 2. The van der Waals surface area contributed by atoms with Crippen molar-refractivity contribution in [1.29, 1.82) is 0 Å². The average Bonchev–Trinajstić information content (AvgIpc) is 3.01. The highest BCUT2D eigenvalue weighted by molar-refractivity contribution is 7.09. The van der Waals surface area contributed by atoms with Crippen LogP contribution in [-0.2, 0) is 6.54 Å². The largest absolute Gasteiger partial charge is 0.306 e. The molecule has 1 heterocycles. The van der Waals surface area contributed by atoms with Crippen LogP contribution < -0.4 is 0 Å². The molecule has 106 valence electrons. The fraction of sp³-hybridized carbons (Fsp3) is 0.750. The molecule has 1 aromatic heterocycles. The van der Waals surface area contributed by atoms with Crippen LogP contribution in [-0.4, -0.2) is 43.0 Å². The predicted octanol–water partition coefficient (Wildman–Crippen LogP) is 3.30. The van der Waals surface area contributed by atoms with Gasteiger partial charge in [-0.25, -0.2) is 0 Å². The van der Waals surface area contributed by atoms with E-state index in [9.17, 15) is 0 Å². The van der Waals surface area contributed by atoms with E-state index in [1.54, 1.807) is 0 Å². The summed E-state index contributed by atoms with van der Waals surface area (Å²) < 4.78 is 0. The number of rotatable bonds is 4. The molecular weight excluding hydrogens is 252 g/mol. The van der Waals surface area contributed by atoms with E-state index in [0.29, 0.717) is 0 Å². The van der Waals surface area contributed by atoms with Crippen molar-refractivity contribution in [2.45, 2.75) is 44.3 Å². The lowest BCUT2D eigenvalue weighted by molar-refractivity contribution is 0.213. The molecule has 3 rings (SSSR count). The van der Waals surface area contributed by atoms with Gasteiger partial charge in [-0.1, -0.05) is 6.07 Å². The van der Waals surface area contributed by atoms with Crippen molar-refractivity contribution < 1.29 is 0 Å². The Morgan fingerprint density at radius 3 is 2.21 bits per heavy atom. The summed E-state index contributed by atoms with van der Waals surface area (Å²) in [6.45, 7) is 1.14. The molecule has 2 saturated carbocycles. The lowest BCUT2D eigenvalue weighted by atomic mass is 10.0. The highest BCUT2D eigenvalue weighted by Gasteiger charge is 2.43. The van der Waals surface area contributed by atoms with Crippen LogP contribution in [0.4, 0.5) is 0 Å². The van der Waals surface area contributed by atoms with E-state index in [1.165, 1.54) is 30.6 Å². The molecule has 0 aliphatic heterocycles. The van der Waals surface area contributed by atoms with Crippen LogP contribution in [0, 0.1) is 11.8 Å². The maximum atomic E-state index is 2.59. The molecule has 3 heteroatoms. The standard InChI is InChI=1S/C16H26N2S/c1-17(2)14-7-12-9-15(10-13(12)8-14)18(3)11-16-5-4-6-19-16/h4-6,12-15H,7-11H2,1-3H3/t12-,13+,14?,15?. The van der Waals surface area contributed by atoms with Crippen LogP contribution >= 0.6 is 11.3 Å². The first kappa shape index (κ1) is 13.6. The normalized spacial score (nSPS) is 34.4. The van der Waals surface area contributed by atoms with Crippen molar-refractivity contribution in [3.63, 3.8) is 0 Å². The fourth-order valence-corrected chi connectivity index (χ4v) is 4.88. The van der Waals surface area contributed by atoms with E-state index >= 15 is 0 Å².